The molecular weight excluding hydrogens is 205 g/mol. The van der Waals surface area contributed by atoms with Crippen molar-refractivity contribution in [2.45, 2.75) is 24.4 Å². The van der Waals surface area contributed by atoms with E-state index in [1.54, 1.807) is 0 Å². The van der Waals surface area contributed by atoms with Gasteiger partial charge in [0.05, 0.1) is 0 Å². The van der Waals surface area contributed by atoms with Gasteiger partial charge in [-0.15, -0.1) is 0 Å². The molecule has 0 fully saturated rings. The summed E-state index contributed by atoms with van der Waals surface area (Å²) in [5.41, 5.74) is 0. The molecule has 0 saturated heterocycles. The van der Waals surface area contributed by atoms with Crippen LogP contribution in [0.15, 0.2) is 12.7 Å². The van der Waals surface area contributed by atoms with Crippen LogP contribution in [0.5, 0.6) is 0 Å². The molecule has 0 N–H and O–H groups in total. The Kier molecular flexibility index (Phi) is 3.01. The molecule has 7 heteroatoms. The lowest BCUT2D eigenvalue weighted by molar-refractivity contribution is -0.247. The Hall–Kier alpha value is -0.750. The Bertz CT molecular complexity index is 190. The van der Waals surface area contributed by atoms with E-state index in [1.165, 1.54) is 0 Å². The zero-order valence-corrected chi connectivity index (χ0v) is 6.14. The molecule has 0 aliphatic heterocycles. The molecule has 0 rings (SSSR count). The minimum Gasteiger partial charge on any atom is -0.199 e. The van der Waals surface area contributed by atoms with Gasteiger partial charge in [-0.1, -0.05) is 6.58 Å². The molecule has 0 aromatic rings. The normalized spacial score (nSPS) is 14.4. The number of hydrogen-bond acceptors (Lipinski definition) is 0. The predicted octanol–water partition coefficient (Wildman–Crippen LogP) is 3.40. The molecular formula is C6H5F7. The van der Waals surface area contributed by atoms with Gasteiger partial charge in [-0.2, -0.15) is 30.7 Å². The summed E-state index contributed by atoms with van der Waals surface area (Å²) in [6, 6.07) is 0. The molecule has 0 heterocycles. The topological polar surface area (TPSA) is 0 Å². The van der Waals surface area contributed by atoms with Crippen LogP contribution in [-0.2, 0) is 0 Å². The van der Waals surface area contributed by atoms with E-state index in [0.717, 1.165) is 0 Å². The summed E-state index contributed by atoms with van der Waals surface area (Å²) in [5, 5.41) is 0. The molecule has 0 amide bonds. The third kappa shape index (κ3) is 3.23. The van der Waals surface area contributed by atoms with Gasteiger partial charge in [-0.25, -0.2) is 0 Å². The molecule has 0 aliphatic rings. The van der Waals surface area contributed by atoms with Crippen molar-refractivity contribution in [3.05, 3.63) is 12.7 Å². The number of allylic oxidation sites excluding steroid dienone is 1. The van der Waals surface area contributed by atoms with Crippen molar-refractivity contribution in [2.24, 2.45) is 0 Å². The number of alkyl halides is 7. The van der Waals surface area contributed by atoms with Crippen LogP contribution in [0.1, 0.15) is 6.42 Å². The highest BCUT2D eigenvalue weighted by Crippen LogP contribution is 2.42. The fraction of sp³-hybridized carbons (Fsp3) is 0.667. The zero-order chi connectivity index (χ0) is 10.9. The van der Waals surface area contributed by atoms with Gasteiger partial charge in [-0.05, 0) is 6.08 Å². The van der Waals surface area contributed by atoms with E-state index < -0.39 is 30.5 Å². The summed E-state index contributed by atoms with van der Waals surface area (Å²) in [7, 11) is 0. The van der Waals surface area contributed by atoms with Crippen LogP contribution < -0.4 is 0 Å². The summed E-state index contributed by atoms with van der Waals surface area (Å²) in [6.45, 7) is 2.33. The zero-order valence-electron chi connectivity index (χ0n) is 6.14. The molecule has 0 aliphatic carbocycles. The van der Waals surface area contributed by atoms with E-state index in [9.17, 15) is 30.7 Å². The second-order valence-electron chi connectivity index (χ2n) is 2.32. The first-order valence-electron chi connectivity index (χ1n) is 2.98. The van der Waals surface area contributed by atoms with Gasteiger partial charge in [-0.3, -0.25) is 0 Å². The van der Waals surface area contributed by atoms with Crippen molar-refractivity contribution in [3.8, 4) is 0 Å². The molecule has 0 aromatic carbocycles. The smallest absolute Gasteiger partial charge is 0.199 e. The molecule has 13 heavy (non-hydrogen) atoms. The second kappa shape index (κ2) is 3.19. The summed E-state index contributed by atoms with van der Waals surface area (Å²) < 4.78 is 82.6. The maximum absolute atomic E-state index is 12.2. The Balaban J connectivity index is 4.67. The number of halogens is 7. The van der Waals surface area contributed by atoms with Crippen LogP contribution in [0.3, 0.4) is 0 Å². The fourth-order valence-corrected chi connectivity index (χ4v) is 0.519. The molecule has 0 aromatic heterocycles. The summed E-state index contributed by atoms with van der Waals surface area (Å²) in [6.07, 6.45) is -8.70. The molecule has 0 atom stereocenters. The maximum Gasteiger partial charge on any atom is 0.395 e. The summed E-state index contributed by atoms with van der Waals surface area (Å²) >= 11 is 0. The first-order chi connectivity index (χ1) is 5.52. The highest BCUT2D eigenvalue weighted by Gasteiger charge is 2.59. The lowest BCUT2D eigenvalue weighted by Crippen LogP contribution is -2.42. The Labute approximate surface area is 69.0 Å². The number of hydrogen-bond donors (Lipinski definition) is 0. The standard InChI is InChI=1S/C6H5F7/c1-2-4(7,8)5(9,10)3-6(11,12)13/h2H,1,3H2. The van der Waals surface area contributed by atoms with Gasteiger partial charge < -0.3 is 0 Å². The van der Waals surface area contributed by atoms with Crippen molar-refractivity contribution in [2.75, 3.05) is 0 Å². The Morgan fingerprint density at radius 2 is 1.31 bits per heavy atom. The molecule has 0 saturated carbocycles. The highest BCUT2D eigenvalue weighted by atomic mass is 19.4. The van der Waals surface area contributed by atoms with Crippen LogP contribution in [0.2, 0.25) is 0 Å². The van der Waals surface area contributed by atoms with Crippen molar-refractivity contribution in [1.29, 1.82) is 0 Å². The van der Waals surface area contributed by atoms with Crippen molar-refractivity contribution in [3.63, 3.8) is 0 Å². The monoisotopic (exact) mass is 210 g/mol. The third-order valence-electron chi connectivity index (χ3n) is 1.17. The molecule has 0 spiro atoms. The van der Waals surface area contributed by atoms with Gasteiger partial charge >= 0.3 is 18.0 Å². The summed E-state index contributed by atoms with van der Waals surface area (Å²) in [5.74, 6) is -9.99. The van der Waals surface area contributed by atoms with Crippen molar-refractivity contribution < 1.29 is 30.7 Å². The van der Waals surface area contributed by atoms with Gasteiger partial charge in [0.2, 0.25) is 0 Å². The van der Waals surface area contributed by atoms with Crippen molar-refractivity contribution in [1.82, 2.24) is 0 Å². The Morgan fingerprint density at radius 3 is 1.54 bits per heavy atom. The largest absolute Gasteiger partial charge is 0.395 e. The third-order valence-corrected chi connectivity index (χ3v) is 1.17. The quantitative estimate of drug-likeness (QED) is 0.494. The van der Waals surface area contributed by atoms with Gasteiger partial charge in [0.1, 0.15) is 6.42 Å². The lowest BCUT2D eigenvalue weighted by Gasteiger charge is -2.24. The first-order valence-corrected chi connectivity index (χ1v) is 2.98. The van der Waals surface area contributed by atoms with E-state index in [1.807, 2.05) is 0 Å². The maximum atomic E-state index is 12.2. The van der Waals surface area contributed by atoms with E-state index in [2.05, 4.69) is 6.58 Å². The molecule has 0 nitrogen and oxygen atoms in total. The average molecular weight is 210 g/mol. The van der Waals surface area contributed by atoms with Crippen molar-refractivity contribution >= 4 is 0 Å². The van der Waals surface area contributed by atoms with Gasteiger partial charge in [0.25, 0.3) is 0 Å². The molecule has 78 valence electrons. The molecule has 0 bridgehead atoms. The van der Waals surface area contributed by atoms with E-state index in [4.69, 9.17) is 0 Å². The van der Waals surface area contributed by atoms with Crippen LogP contribution in [-0.4, -0.2) is 18.0 Å². The van der Waals surface area contributed by atoms with Crippen LogP contribution in [0.25, 0.3) is 0 Å². The van der Waals surface area contributed by atoms with E-state index in [0.29, 0.717) is 0 Å². The predicted molar refractivity (Wildman–Crippen MR) is 30.8 cm³/mol. The van der Waals surface area contributed by atoms with Gasteiger partial charge in [0, 0.05) is 0 Å². The minimum absolute atomic E-state index is 0.501. The van der Waals surface area contributed by atoms with E-state index >= 15 is 0 Å². The van der Waals surface area contributed by atoms with E-state index in [-0.39, 0.29) is 0 Å². The lowest BCUT2D eigenvalue weighted by atomic mass is 10.1. The SMILES string of the molecule is C=CC(F)(F)C(F)(F)CC(F)(F)F. The molecule has 0 unspecified atom stereocenters. The Morgan fingerprint density at radius 1 is 0.923 bits per heavy atom. The average Bonchev–Trinajstić information content (AvgIpc) is 1.81. The second-order valence-corrected chi connectivity index (χ2v) is 2.32. The van der Waals surface area contributed by atoms with Crippen LogP contribution >= 0.6 is 0 Å². The number of rotatable bonds is 3. The highest BCUT2D eigenvalue weighted by molar-refractivity contribution is 4.99. The minimum atomic E-state index is -5.34. The van der Waals surface area contributed by atoms with Crippen LogP contribution in [0, 0.1) is 0 Å². The van der Waals surface area contributed by atoms with Gasteiger partial charge in [0.15, 0.2) is 0 Å². The summed E-state index contributed by atoms with van der Waals surface area (Å²) in [4.78, 5) is 0. The fourth-order valence-electron chi connectivity index (χ4n) is 0.519. The van der Waals surface area contributed by atoms with Crippen LogP contribution in [0.4, 0.5) is 30.7 Å². The molecule has 0 radical (unpaired) electrons. The first kappa shape index (κ1) is 12.2.